The first-order valence-electron chi connectivity index (χ1n) is 3.17. The van der Waals surface area contributed by atoms with Gasteiger partial charge in [0.1, 0.15) is 0 Å². The molecule has 1 heterocycles. The van der Waals surface area contributed by atoms with Crippen molar-refractivity contribution in [2.24, 2.45) is 4.99 Å². The summed E-state index contributed by atoms with van der Waals surface area (Å²) in [6.45, 7) is 0.998. The van der Waals surface area contributed by atoms with E-state index in [0.717, 1.165) is 25.1 Å². The highest BCUT2D eigenvalue weighted by Crippen LogP contribution is 2.15. The summed E-state index contributed by atoms with van der Waals surface area (Å²) in [7, 11) is 0. The predicted octanol–water partition coefficient (Wildman–Crippen LogP) is 1.34. The lowest BCUT2D eigenvalue weighted by atomic mass is 10.3. The molecule has 0 saturated heterocycles. The zero-order valence-corrected chi connectivity index (χ0v) is 6.12. The first-order valence-corrected chi connectivity index (χ1v) is 4.16. The van der Waals surface area contributed by atoms with Gasteiger partial charge in [0.15, 0.2) is 0 Å². The lowest BCUT2D eigenvalue weighted by molar-refractivity contribution is 0.191. The SMILES string of the molecule is [O]CCCC1=NCCS1. The molecule has 0 saturated carbocycles. The fourth-order valence-electron chi connectivity index (χ4n) is 0.754. The third-order valence-electron chi connectivity index (χ3n) is 1.18. The monoisotopic (exact) mass is 144 g/mol. The summed E-state index contributed by atoms with van der Waals surface area (Å²) in [6.07, 6.45) is 1.67. The molecule has 0 amide bonds. The average Bonchev–Trinajstić information content (AvgIpc) is 2.34. The van der Waals surface area contributed by atoms with Gasteiger partial charge in [-0.05, 0) is 12.8 Å². The van der Waals surface area contributed by atoms with E-state index in [1.165, 1.54) is 5.04 Å². The Kier molecular flexibility index (Phi) is 3.08. The van der Waals surface area contributed by atoms with Crippen molar-refractivity contribution >= 4 is 16.8 Å². The van der Waals surface area contributed by atoms with Gasteiger partial charge in [0.25, 0.3) is 0 Å². The van der Waals surface area contributed by atoms with Crippen LogP contribution in [0.1, 0.15) is 12.8 Å². The molecule has 0 bridgehead atoms. The third kappa shape index (κ3) is 2.37. The van der Waals surface area contributed by atoms with Crippen molar-refractivity contribution in [2.75, 3.05) is 18.9 Å². The van der Waals surface area contributed by atoms with Crippen LogP contribution in [0.5, 0.6) is 0 Å². The van der Waals surface area contributed by atoms with Crippen LogP contribution in [0.4, 0.5) is 0 Å². The number of hydrogen-bond donors (Lipinski definition) is 0. The van der Waals surface area contributed by atoms with Crippen LogP contribution in [-0.4, -0.2) is 23.9 Å². The molecule has 3 heteroatoms. The van der Waals surface area contributed by atoms with E-state index in [0.29, 0.717) is 0 Å². The van der Waals surface area contributed by atoms with E-state index >= 15 is 0 Å². The van der Waals surface area contributed by atoms with Crippen molar-refractivity contribution in [2.45, 2.75) is 12.8 Å². The second-order valence-corrected chi connectivity index (χ2v) is 3.10. The van der Waals surface area contributed by atoms with Crippen molar-refractivity contribution in [3.05, 3.63) is 0 Å². The molecule has 0 aliphatic carbocycles. The highest BCUT2D eigenvalue weighted by Gasteiger charge is 2.04. The van der Waals surface area contributed by atoms with E-state index in [1.54, 1.807) is 11.8 Å². The molecule has 0 aromatic rings. The van der Waals surface area contributed by atoms with Gasteiger partial charge in [-0.25, -0.2) is 5.11 Å². The van der Waals surface area contributed by atoms with Gasteiger partial charge in [-0.15, -0.1) is 11.8 Å². The number of rotatable bonds is 3. The van der Waals surface area contributed by atoms with Crippen LogP contribution in [-0.2, 0) is 5.11 Å². The molecule has 0 aromatic heterocycles. The predicted molar refractivity (Wildman–Crippen MR) is 39.5 cm³/mol. The van der Waals surface area contributed by atoms with Crippen molar-refractivity contribution < 1.29 is 5.11 Å². The van der Waals surface area contributed by atoms with Gasteiger partial charge in [-0.3, -0.25) is 4.99 Å². The summed E-state index contributed by atoms with van der Waals surface area (Å²) in [5.41, 5.74) is 0. The molecule has 51 valence electrons. The zero-order valence-electron chi connectivity index (χ0n) is 5.30. The van der Waals surface area contributed by atoms with Gasteiger partial charge >= 0.3 is 0 Å². The summed E-state index contributed by atoms with van der Waals surface area (Å²) in [6, 6.07) is 0. The Bertz CT molecular complexity index is 114. The number of thioether (sulfide) groups is 1. The Labute approximate surface area is 59.4 Å². The second kappa shape index (κ2) is 3.90. The maximum atomic E-state index is 10.0. The van der Waals surface area contributed by atoms with Gasteiger partial charge in [0.2, 0.25) is 0 Å². The molecule has 1 radical (unpaired) electrons. The van der Waals surface area contributed by atoms with Crippen molar-refractivity contribution in [1.82, 2.24) is 0 Å². The topological polar surface area (TPSA) is 32.3 Å². The van der Waals surface area contributed by atoms with E-state index in [1.807, 2.05) is 0 Å². The summed E-state index contributed by atoms with van der Waals surface area (Å²) < 4.78 is 0. The Morgan fingerprint density at radius 2 is 2.56 bits per heavy atom. The highest BCUT2D eigenvalue weighted by molar-refractivity contribution is 8.14. The maximum Gasteiger partial charge on any atom is 0.0826 e. The first-order chi connectivity index (χ1) is 4.43. The van der Waals surface area contributed by atoms with Crippen molar-refractivity contribution in [1.29, 1.82) is 0 Å². The summed E-state index contributed by atoms with van der Waals surface area (Å²) in [5, 5.41) is 11.2. The quantitative estimate of drug-likeness (QED) is 0.588. The highest BCUT2D eigenvalue weighted by atomic mass is 32.2. The van der Waals surface area contributed by atoms with E-state index in [-0.39, 0.29) is 6.61 Å². The van der Waals surface area contributed by atoms with Crippen LogP contribution < -0.4 is 0 Å². The van der Waals surface area contributed by atoms with Crippen molar-refractivity contribution in [3.63, 3.8) is 0 Å². The minimum absolute atomic E-state index is 0.0412. The Balaban J connectivity index is 2.11. The Hall–Kier alpha value is -0.0200. The van der Waals surface area contributed by atoms with E-state index in [2.05, 4.69) is 4.99 Å². The first kappa shape index (κ1) is 7.09. The molecule has 0 atom stereocenters. The molecule has 0 spiro atoms. The molecule has 1 aliphatic rings. The molecule has 2 nitrogen and oxygen atoms in total. The smallest absolute Gasteiger partial charge is 0.0826 e. The number of nitrogens with zero attached hydrogens (tertiary/aromatic N) is 1. The minimum Gasteiger partial charge on any atom is -0.282 e. The fourth-order valence-corrected chi connectivity index (χ4v) is 1.64. The molecule has 0 N–H and O–H groups in total. The molecule has 0 unspecified atom stereocenters. The molecule has 9 heavy (non-hydrogen) atoms. The molecule has 0 aromatic carbocycles. The van der Waals surface area contributed by atoms with Crippen molar-refractivity contribution in [3.8, 4) is 0 Å². The van der Waals surface area contributed by atoms with Gasteiger partial charge in [0.05, 0.1) is 11.7 Å². The molecular formula is C6H10NOS. The minimum atomic E-state index is 0.0412. The van der Waals surface area contributed by atoms with E-state index in [4.69, 9.17) is 0 Å². The van der Waals surface area contributed by atoms with Gasteiger partial charge in [-0.2, -0.15) is 0 Å². The second-order valence-electron chi connectivity index (χ2n) is 1.93. The van der Waals surface area contributed by atoms with Gasteiger partial charge in [-0.1, -0.05) is 0 Å². The summed E-state index contributed by atoms with van der Waals surface area (Å²) in [5.74, 6) is 1.12. The number of aliphatic imine (C=N–C) groups is 1. The molecule has 1 aliphatic heterocycles. The van der Waals surface area contributed by atoms with Crippen LogP contribution in [0.15, 0.2) is 4.99 Å². The summed E-state index contributed by atoms with van der Waals surface area (Å²) >= 11 is 1.79. The Morgan fingerprint density at radius 3 is 3.11 bits per heavy atom. The Morgan fingerprint density at radius 1 is 1.67 bits per heavy atom. The standard InChI is InChI=1S/C6H10NOS/c8-4-1-2-6-7-3-5-9-6/h1-5H2. The van der Waals surface area contributed by atoms with Crippen LogP contribution in [0.25, 0.3) is 0 Å². The lowest BCUT2D eigenvalue weighted by Gasteiger charge is -1.92. The van der Waals surface area contributed by atoms with Crippen LogP contribution in [0.3, 0.4) is 0 Å². The fraction of sp³-hybridized carbons (Fsp3) is 0.833. The maximum absolute atomic E-state index is 10.0. The largest absolute Gasteiger partial charge is 0.282 e. The molecule has 1 rings (SSSR count). The number of hydrogen-bond acceptors (Lipinski definition) is 2. The van der Waals surface area contributed by atoms with Gasteiger partial charge < -0.3 is 0 Å². The lowest BCUT2D eigenvalue weighted by Crippen LogP contribution is -1.89. The van der Waals surface area contributed by atoms with E-state index < -0.39 is 0 Å². The van der Waals surface area contributed by atoms with Crippen LogP contribution in [0, 0.1) is 0 Å². The van der Waals surface area contributed by atoms with E-state index in [9.17, 15) is 5.11 Å². The summed E-state index contributed by atoms with van der Waals surface area (Å²) in [4.78, 5) is 4.21. The molecular weight excluding hydrogens is 134 g/mol. The average molecular weight is 144 g/mol. The zero-order chi connectivity index (χ0) is 6.53. The van der Waals surface area contributed by atoms with Crippen LogP contribution in [0.2, 0.25) is 0 Å². The third-order valence-corrected chi connectivity index (χ3v) is 2.24. The van der Waals surface area contributed by atoms with Gasteiger partial charge in [0, 0.05) is 12.3 Å². The normalized spacial score (nSPS) is 18.1. The van der Waals surface area contributed by atoms with Crippen LogP contribution >= 0.6 is 11.8 Å². The molecule has 0 fully saturated rings.